The minimum atomic E-state index is -0.502. The quantitative estimate of drug-likeness (QED) is 0.759. The Morgan fingerprint density at radius 2 is 1.77 bits per heavy atom. The van der Waals surface area contributed by atoms with Crippen LogP contribution in [0.3, 0.4) is 0 Å². The summed E-state index contributed by atoms with van der Waals surface area (Å²) < 4.78 is 5.68. The van der Waals surface area contributed by atoms with E-state index in [4.69, 9.17) is 4.74 Å². The Bertz CT molecular complexity index is 598. The van der Waals surface area contributed by atoms with Gasteiger partial charge in [0, 0.05) is 18.5 Å². The molecular formula is C18H21NO2S. The molecule has 0 saturated heterocycles. The molecule has 1 atom stereocenters. The molecule has 0 spiro atoms. The third-order valence-electron chi connectivity index (χ3n) is 3.36. The number of carbonyl (C=O) groups is 1. The zero-order valence-corrected chi connectivity index (χ0v) is 14.0. The molecule has 3 nitrogen and oxygen atoms in total. The van der Waals surface area contributed by atoms with Crippen LogP contribution in [-0.2, 0) is 11.3 Å². The highest BCUT2D eigenvalue weighted by molar-refractivity contribution is 7.98. The van der Waals surface area contributed by atoms with Crippen molar-refractivity contribution in [1.82, 2.24) is 4.90 Å². The predicted molar refractivity (Wildman–Crippen MR) is 91.2 cm³/mol. The normalized spacial score (nSPS) is 11.8. The summed E-state index contributed by atoms with van der Waals surface area (Å²) in [6.07, 6.45) is 1.55. The summed E-state index contributed by atoms with van der Waals surface area (Å²) in [5.74, 6) is 0.680. The average molecular weight is 315 g/mol. The van der Waals surface area contributed by atoms with E-state index in [-0.39, 0.29) is 5.91 Å². The van der Waals surface area contributed by atoms with Crippen molar-refractivity contribution in [2.75, 3.05) is 13.3 Å². The second kappa shape index (κ2) is 7.90. The molecule has 22 heavy (non-hydrogen) atoms. The van der Waals surface area contributed by atoms with Gasteiger partial charge in [-0.2, -0.15) is 0 Å². The standard InChI is InChI=1S/C18H21NO2S/c1-14(21-16-7-5-4-6-8-16)18(20)19(2)13-15-9-11-17(22-3)12-10-15/h4-12,14H,13H2,1-3H3. The Labute approximate surface area is 136 Å². The number of para-hydroxylation sites is 1. The van der Waals surface area contributed by atoms with Gasteiger partial charge in [-0.3, -0.25) is 4.79 Å². The van der Waals surface area contributed by atoms with E-state index in [0.29, 0.717) is 12.3 Å². The highest BCUT2D eigenvalue weighted by atomic mass is 32.2. The molecule has 2 aromatic rings. The maximum Gasteiger partial charge on any atom is 0.263 e. The first-order valence-electron chi connectivity index (χ1n) is 7.20. The molecule has 1 unspecified atom stereocenters. The summed E-state index contributed by atoms with van der Waals surface area (Å²) in [6.45, 7) is 2.36. The molecule has 0 heterocycles. The van der Waals surface area contributed by atoms with Crippen molar-refractivity contribution in [1.29, 1.82) is 0 Å². The lowest BCUT2D eigenvalue weighted by molar-refractivity contribution is -0.137. The molecule has 0 aromatic heterocycles. The molecule has 0 aliphatic heterocycles. The first-order chi connectivity index (χ1) is 10.6. The molecule has 2 aromatic carbocycles. The maximum absolute atomic E-state index is 12.4. The molecule has 116 valence electrons. The zero-order chi connectivity index (χ0) is 15.9. The maximum atomic E-state index is 12.4. The Morgan fingerprint density at radius 1 is 1.14 bits per heavy atom. The van der Waals surface area contributed by atoms with Crippen molar-refractivity contribution >= 4 is 17.7 Å². The van der Waals surface area contributed by atoms with Crippen LogP contribution < -0.4 is 4.74 Å². The fraction of sp³-hybridized carbons (Fsp3) is 0.278. The van der Waals surface area contributed by atoms with E-state index >= 15 is 0 Å². The topological polar surface area (TPSA) is 29.5 Å². The predicted octanol–water partition coefficient (Wildman–Crippen LogP) is 3.83. The molecule has 0 fully saturated rings. The van der Waals surface area contributed by atoms with Crippen molar-refractivity contribution in [2.45, 2.75) is 24.5 Å². The van der Waals surface area contributed by atoms with Gasteiger partial charge in [0.15, 0.2) is 6.10 Å². The summed E-state index contributed by atoms with van der Waals surface area (Å²) in [4.78, 5) is 15.3. The van der Waals surface area contributed by atoms with Gasteiger partial charge in [0.2, 0.25) is 0 Å². The fourth-order valence-corrected chi connectivity index (χ4v) is 2.55. The smallest absolute Gasteiger partial charge is 0.263 e. The Morgan fingerprint density at radius 3 is 2.36 bits per heavy atom. The van der Waals surface area contributed by atoms with Crippen molar-refractivity contribution < 1.29 is 9.53 Å². The SMILES string of the molecule is CSc1ccc(CN(C)C(=O)C(C)Oc2ccccc2)cc1. The monoisotopic (exact) mass is 315 g/mol. The highest BCUT2D eigenvalue weighted by Gasteiger charge is 2.19. The summed E-state index contributed by atoms with van der Waals surface area (Å²) in [5, 5.41) is 0. The molecule has 0 bridgehead atoms. The van der Waals surface area contributed by atoms with E-state index in [1.165, 1.54) is 4.90 Å². The van der Waals surface area contributed by atoms with Crippen LogP contribution in [-0.4, -0.2) is 30.2 Å². The second-order valence-electron chi connectivity index (χ2n) is 5.12. The van der Waals surface area contributed by atoms with Gasteiger partial charge < -0.3 is 9.64 Å². The average Bonchev–Trinajstić information content (AvgIpc) is 2.55. The summed E-state index contributed by atoms with van der Waals surface area (Å²) in [5.41, 5.74) is 1.11. The molecule has 0 aliphatic rings. The number of carbonyl (C=O) groups excluding carboxylic acids is 1. The minimum Gasteiger partial charge on any atom is -0.481 e. The minimum absolute atomic E-state index is 0.0298. The van der Waals surface area contributed by atoms with Gasteiger partial charge in [-0.1, -0.05) is 30.3 Å². The van der Waals surface area contributed by atoms with Crippen LogP contribution in [0.2, 0.25) is 0 Å². The largest absolute Gasteiger partial charge is 0.481 e. The van der Waals surface area contributed by atoms with Crippen LogP contribution in [0.15, 0.2) is 59.5 Å². The number of thioether (sulfide) groups is 1. The molecule has 2 rings (SSSR count). The fourth-order valence-electron chi connectivity index (χ4n) is 2.15. The molecule has 0 saturated carbocycles. The highest BCUT2D eigenvalue weighted by Crippen LogP contribution is 2.16. The first-order valence-corrected chi connectivity index (χ1v) is 8.42. The molecule has 4 heteroatoms. The van der Waals surface area contributed by atoms with Gasteiger partial charge in [-0.25, -0.2) is 0 Å². The van der Waals surface area contributed by atoms with Gasteiger partial charge in [-0.15, -0.1) is 11.8 Å². The van der Waals surface area contributed by atoms with Gasteiger partial charge in [0.1, 0.15) is 5.75 Å². The lowest BCUT2D eigenvalue weighted by Gasteiger charge is -2.22. The number of rotatable bonds is 6. The van der Waals surface area contributed by atoms with Crippen molar-refractivity contribution in [3.63, 3.8) is 0 Å². The lowest BCUT2D eigenvalue weighted by atomic mass is 10.2. The van der Waals surface area contributed by atoms with Gasteiger partial charge >= 0.3 is 0 Å². The number of amides is 1. The summed E-state index contributed by atoms with van der Waals surface area (Å²) in [7, 11) is 1.80. The van der Waals surface area contributed by atoms with E-state index in [0.717, 1.165) is 5.56 Å². The Hall–Kier alpha value is -1.94. The number of hydrogen-bond acceptors (Lipinski definition) is 3. The van der Waals surface area contributed by atoms with E-state index in [1.54, 1.807) is 30.6 Å². The van der Waals surface area contributed by atoms with Gasteiger partial charge in [0.25, 0.3) is 5.91 Å². The number of likely N-dealkylation sites (N-methyl/N-ethyl adjacent to an activating group) is 1. The molecule has 0 radical (unpaired) electrons. The van der Waals surface area contributed by atoms with Crippen molar-refractivity contribution in [2.24, 2.45) is 0 Å². The van der Waals surface area contributed by atoms with Crippen LogP contribution in [0.25, 0.3) is 0 Å². The van der Waals surface area contributed by atoms with E-state index in [2.05, 4.69) is 24.3 Å². The summed E-state index contributed by atoms with van der Waals surface area (Å²) >= 11 is 1.71. The lowest BCUT2D eigenvalue weighted by Crippen LogP contribution is -2.37. The van der Waals surface area contributed by atoms with Crippen LogP contribution in [0.1, 0.15) is 12.5 Å². The Balaban J connectivity index is 1.93. The van der Waals surface area contributed by atoms with Crippen molar-refractivity contribution in [3.05, 3.63) is 60.2 Å². The number of hydrogen-bond donors (Lipinski definition) is 0. The number of ether oxygens (including phenoxy) is 1. The van der Waals surface area contributed by atoms with Crippen LogP contribution in [0.4, 0.5) is 0 Å². The van der Waals surface area contributed by atoms with Crippen LogP contribution in [0.5, 0.6) is 5.75 Å². The molecule has 0 aliphatic carbocycles. The van der Waals surface area contributed by atoms with E-state index < -0.39 is 6.10 Å². The Kier molecular flexibility index (Phi) is 5.90. The molecular weight excluding hydrogens is 294 g/mol. The van der Waals surface area contributed by atoms with Crippen LogP contribution in [0, 0.1) is 0 Å². The first kappa shape index (κ1) is 16.4. The van der Waals surface area contributed by atoms with E-state index in [9.17, 15) is 4.79 Å². The summed E-state index contributed by atoms with van der Waals surface area (Å²) in [6, 6.07) is 17.7. The zero-order valence-electron chi connectivity index (χ0n) is 13.2. The molecule has 0 N–H and O–H groups in total. The number of nitrogens with zero attached hydrogens (tertiary/aromatic N) is 1. The molecule has 1 amide bonds. The van der Waals surface area contributed by atoms with Gasteiger partial charge in [-0.05, 0) is 43.0 Å². The third kappa shape index (κ3) is 4.53. The van der Waals surface area contributed by atoms with Crippen molar-refractivity contribution in [3.8, 4) is 5.75 Å². The van der Waals surface area contributed by atoms with Crippen LogP contribution >= 0.6 is 11.8 Å². The van der Waals surface area contributed by atoms with Gasteiger partial charge in [0.05, 0.1) is 0 Å². The number of benzene rings is 2. The van der Waals surface area contributed by atoms with E-state index in [1.807, 2.05) is 36.6 Å². The third-order valence-corrected chi connectivity index (χ3v) is 4.10. The second-order valence-corrected chi connectivity index (χ2v) is 6.00.